The normalized spacial score (nSPS) is 16.0. The molecule has 1 fully saturated rings. The number of carbonyl (C=O) groups is 2. The van der Waals surface area contributed by atoms with Gasteiger partial charge >= 0.3 is 5.97 Å². The van der Waals surface area contributed by atoms with Crippen LogP contribution in [-0.2, 0) is 11.3 Å². The summed E-state index contributed by atoms with van der Waals surface area (Å²) in [5.74, 6) is -0.406. The first-order chi connectivity index (χ1) is 15.5. The number of amides is 1. The van der Waals surface area contributed by atoms with Crippen LogP contribution in [0.3, 0.4) is 0 Å². The number of carbonyl (C=O) groups excluding carboxylic acids is 1. The van der Waals surface area contributed by atoms with E-state index in [0.29, 0.717) is 15.8 Å². The smallest absolute Gasteiger partial charge is 0.335 e. The number of carboxylic acids is 1. The summed E-state index contributed by atoms with van der Waals surface area (Å²) in [6, 6.07) is 23.4. The number of hydrogen-bond acceptors (Lipinski definition) is 5. The average molecular weight is 445 g/mol. The number of aromatic carboxylic acids is 1. The van der Waals surface area contributed by atoms with Gasteiger partial charge in [0.1, 0.15) is 5.75 Å². The van der Waals surface area contributed by atoms with Crippen LogP contribution in [-0.4, -0.2) is 34.2 Å². The Morgan fingerprint density at radius 2 is 1.72 bits per heavy atom. The molecule has 1 amide bonds. The fraction of sp³-hybridized carbons (Fsp3) is 0.0800. The Morgan fingerprint density at radius 3 is 2.34 bits per heavy atom. The number of hydrogen-bond donors (Lipinski definition) is 1. The van der Waals surface area contributed by atoms with Crippen molar-refractivity contribution >= 4 is 40.6 Å². The molecule has 32 heavy (non-hydrogen) atoms. The van der Waals surface area contributed by atoms with Gasteiger partial charge in [-0.2, -0.15) is 0 Å². The number of benzene rings is 3. The minimum atomic E-state index is -0.987. The maximum atomic E-state index is 13.2. The maximum Gasteiger partial charge on any atom is 0.335 e. The van der Waals surface area contributed by atoms with E-state index in [1.165, 1.54) is 23.9 Å². The summed E-state index contributed by atoms with van der Waals surface area (Å²) in [6.07, 6.45) is 1.85. The molecule has 3 aromatic rings. The lowest BCUT2D eigenvalue weighted by molar-refractivity contribution is -0.122. The molecule has 160 valence electrons. The van der Waals surface area contributed by atoms with Crippen LogP contribution in [0.25, 0.3) is 6.08 Å². The van der Waals surface area contributed by atoms with Gasteiger partial charge in [-0.25, -0.2) is 9.79 Å². The number of methoxy groups -OCH3 is 1. The van der Waals surface area contributed by atoms with Crippen molar-refractivity contribution in [2.75, 3.05) is 7.11 Å². The second-order valence-corrected chi connectivity index (χ2v) is 8.02. The van der Waals surface area contributed by atoms with Crippen molar-refractivity contribution in [2.24, 2.45) is 4.99 Å². The van der Waals surface area contributed by atoms with Crippen LogP contribution in [0.5, 0.6) is 5.75 Å². The number of thioether (sulfide) groups is 1. The summed E-state index contributed by atoms with van der Waals surface area (Å²) in [4.78, 5) is 31.2. The van der Waals surface area contributed by atoms with Crippen molar-refractivity contribution in [3.8, 4) is 5.75 Å². The number of nitrogens with zero attached hydrogens (tertiary/aromatic N) is 2. The minimum Gasteiger partial charge on any atom is -0.497 e. The molecule has 6 nitrogen and oxygen atoms in total. The number of rotatable bonds is 6. The van der Waals surface area contributed by atoms with Gasteiger partial charge in [-0.3, -0.25) is 9.69 Å². The summed E-state index contributed by atoms with van der Waals surface area (Å²) in [5, 5.41) is 9.68. The Kier molecular flexibility index (Phi) is 6.37. The molecule has 1 aliphatic heterocycles. The van der Waals surface area contributed by atoms with E-state index in [1.807, 2.05) is 60.7 Å². The van der Waals surface area contributed by atoms with Gasteiger partial charge < -0.3 is 9.84 Å². The molecular weight excluding hydrogens is 424 g/mol. The van der Waals surface area contributed by atoms with Crippen molar-refractivity contribution in [1.29, 1.82) is 0 Å². The van der Waals surface area contributed by atoms with E-state index >= 15 is 0 Å². The Morgan fingerprint density at radius 1 is 1.03 bits per heavy atom. The molecule has 3 aromatic carbocycles. The number of ether oxygens (including phenoxy) is 1. The highest BCUT2D eigenvalue weighted by molar-refractivity contribution is 8.18. The molecule has 7 heteroatoms. The van der Waals surface area contributed by atoms with Gasteiger partial charge in [0.2, 0.25) is 0 Å². The fourth-order valence-electron chi connectivity index (χ4n) is 3.13. The highest BCUT2D eigenvalue weighted by Crippen LogP contribution is 2.35. The highest BCUT2D eigenvalue weighted by Gasteiger charge is 2.33. The average Bonchev–Trinajstić information content (AvgIpc) is 3.09. The van der Waals surface area contributed by atoms with Gasteiger partial charge in [-0.15, -0.1) is 0 Å². The van der Waals surface area contributed by atoms with Crippen LogP contribution in [0.2, 0.25) is 0 Å². The molecule has 0 radical (unpaired) electrons. The SMILES string of the molecule is COc1ccc(N=C2S/C(=C\c3ccccc3)C(=O)N2Cc2ccc(C(=O)O)cc2)cc1. The van der Waals surface area contributed by atoms with Crippen molar-refractivity contribution < 1.29 is 19.4 Å². The second kappa shape index (κ2) is 9.53. The molecule has 0 unspecified atom stereocenters. The predicted molar refractivity (Wildman–Crippen MR) is 126 cm³/mol. The van der Waals surface area contributed by atoms with Gasteiger partial charge in [0.25, 0.3) is 5.91 Å². The highest BCUT2D eigenvalue weighted by atomic mass is 32.2. The van der Waals surface area contributed by atoms with Gasteiger partial charge in [0.05, 0.1) is 29.8 Å². The fourth-order valence-corrected chi connectivity index (χ4v) is 4.13. The van der Waals surface area contributed by atoms with E-state index in [2.05, 4.69) is 0 Å². The standard InChI is InChI=1S/C25H20N2O4S/c1-31-21-13-11-20(12-14-21)26-25-27(16-18-7-9-19(10-8-18)24(29)30)23(28)22(32-25)15-17-5-3-2-4-6-17/h2-15H,16H2,1H3,(H,29,30)/b22-15-,26-25?. The maximum absolute atomic E-state index is 13.2. The predicted octanol–water partition coefficient (Wildman–Crippen LogP) is 5.20. The zero-order valence-electron chi connectivity index (χ0n) is 17.3. The molecule has 1 N–H and O–H groups in total. The molecule has 0 saturated carbocycles. The Hall–Kier alpha value is -3.84. The molecular formula is C25H20N2O4S. The minimum absolute atomic E-state index is 0.145. The van der Waals surface area contributed by atoms with Crippen LogP contribution < -0.4 is 4.74 Å². The molecule has 1 heterocycles. The molecule has 0 spiro atoms. The number of carboxylic acid groups (broad SMARTS) is 1. The van der Waals surface area contributed by atoms with Crippen molar-refractivity contribution in [2.45, 2.75) is 6.54 Å². The first-order valence-electron chi connectivity index (χ1n) is 9.85. The molecule has 1 aliphatic rings. The number of aliphatic imine (C=N–C) groups is 1. The zero-order chi connectivity index (χ0) is 22.5. The Balaban J connectivity index is 1.66. The lowest BCUT2D eigenvalue weighted by Gasteiger charge is -2.16. The van der Waals surface area contributed by atoms with E-state index in [-0.39, 0.29) is 18.0 Å². The van der Waals surface area contributed by atoms with E-state index < -0.39 is 5.97 Å². The molecule has 0 bridgehead atoms. The Labute approximate surface area is 189 Å². The third-order valence-electron chi connectivity index (χ3n) is 4.82. The molecule has 0 aliphatic carbocycles. The topological polar surface area (TPSA) is 79.2 Å². The largest absolute Gasteiger partial charge is 0.497 e. The lowest BCUT2D eigenvalue weighted by atomic mass is 10.1. The van der Waals surface area contributed by atoms with Crippen molar-refractivity contribution in [3.05, 3.63) is 100 Å². The summed E-state index contributed by atoms with van der Waals surface area (Å²) in [6.45, 7) is 0.285. The van der Waals surface area contributed by atoms with Crippen LogP contribution in [0.4, 0.5) is 5.69 Å². The van der Waals surface area contributed by atoms with E-state index in [1.54, 1.807) is 24.1 Å². The second-order valence-electron chi connectivity index (χ2n) is 7.01. The quantitative estimate of drug-likeness (QED) is 0.529. The van der Waals surface area contributed by atoms with E-state index in [0.717, 1.165) is 16.9 Å². The van der Waals surface area contributed by atoms with E-state index in [9.17, 15) is 9.59 Å². The molecule has 0 aromatic heterocycles. The summed E-state index contributed by atoms with van der Waals surface area (Å²) in [7, 11) is 1.60. The summed E-state index contributed by atoms with van der Waals surface area (Å²) in [5.41, 5.74) is 2.65. The van der Waals surface area contributed by atoms with Crippen LogP contribution >= 0.6 is 11.8 Å². The first kappa shape index (κ1) is 21.4. The van der Waals surface area contributed by atoms with Crippen molar-refractivity contribution in [1.82, 2.24) is 4.90 Å². The third-order valence-corrected chi connectivity index (χ3v) is 5.83. The third kappa shape index (κ3) is 4.90. The van der Waals surface area contributed by atoms with Crippen LogP contribution in [0, 0.1) is 0 Å². The number of amidine groups is 1. The Bertz CT molecular complexity index is 1190. The van der Waals surface area contributed by atoms with Gasteiger partial charge in [0.15, 0.2) is 5.17 Å². The summed E-state index contributed by atoms with van der Waals surface area (Å²) < 4.78 is 5.20. The zero-order valence-corrected chi connectivity index (χ0v) is 18.1. The van der Waals surface area contributed by atoms with Crippen LogP contribution in [0.1, 0.15) is 21.5 Å². The molecule has 1 saturated heterocycles. The molecule has 0 atom stereocenters. The molecule has 4 rings (SSSR count). The van der Waals surface area contributed by atoms with Gasteiger partial charge in [-0.1, -0.05) is 42.5 Å². The van der Waals surface area contributed by atoms with Crippen LogP contribution in [0.15, 0.2) is 88.8 Å². The monoisotopic (exact) mass is 444 g/mol. The van der Waals surface area contributed by atoms with Gasteiger partial charge in [-0.05, 0) is 65.4 Å². The first-order valence-corrected chi connectivity index (χ1v) is 10.7. The lowest BCUT2D eigenvalue weighted by Crippen LogP contribution is -2.28. The van der Waals surface area contributed by atoms with Crippen molar-refractivity contribution in [3.63, 3.8) is 0 Å². The van der Waals surface area contributed by atoms with Gasteiger partial charge in [0, 0.05) is 0 Å². The van der Waals surface area contributed by atoms with E-state index in [4.69, 9.17) is 14.8 Å². The summed E-state index contributed by atoms with van der Waals surface area (Å²) >= 11 is 1.32.